The minimum Gasteiger partial charge on any atom is -0.494 e. The summed E-state index contributed by atoms with van der Waals surface area (Å²) >= 11 is 0. The average molecular weight is 301 g/mol. The lowest BCUT2D eigenvalue weighted by Crippen LogP contribution is -1.97. The Balaban J connectivity index is 1.73. The van der Waals surface area contributed by atoms with Gasteiger partial charge in [-0.05, 0) is 36.6 Å². The second kappa shape index (κ2) is 9.55. The highest BCUT2D eigenvalue weighted by molar-refractivity contribution is 5.84. The number of aryl methyl sites for hydroxylation is 1. The van der Waals surface area contributed by atoms with Gasteiger partial charge in [-0.2, -0.15) is 0 Å². The Kier molecular flexibility index (Phi) is 7.35. The molecule has 0 saturated carbocycles. The summed E-state index contributed by atoms with van der Waals surface area (Å²) in [5.74, 6) is 1.01. The largest absolute Gasteiger partial charge is 0.494 e. The smallest absolute Gasteiger partial charge is 0.120 e. The van der Waals surface area contributed by atoms with Crippen LogP contribution in [-0.2, 0) is 6.42 Å². The highest BCUT2D eigenvalue weighted by Gasteiger charge is 2.04. The first-order chi connectivity index (χ1) is 10.8. The maximum absolute atomic E-state index is 5.93. The van der Waals surface area contributed by atoms with Crippen LogP contribution in [-0.4, -0.2) is 11.6 Å². The van der Waals surface area contributed by atoms with Gasteiger partial charge >= 0.3 is 0 Å². The molecule has 0 radical (unpaired) electrons. The Labute approximate surface area is 135 Å². The third kappa shape index (κ3) is 5.08. The summed E-state index contributed by atoms with van der Waals surface area (Å²) in [5, 5.41) is 1.32. The van der Waals surface area contributed by atoms with Crippen molar-refractivity contribution in [2.24, 2.45) is 0 Å². The minimum absolute atomic E-state index is 0.840. The van der Waals surface area contributed by atoms with Crippen LogP contribution in [0.1, 0.15) is 70.8 Å². The molecule has 1 heterocycles. The molecule has 1 aromatic carbocycles. The van der Waals surface area contributed by atoms with Crippen LogP contribution in [0.25, 0.3) is 10.9 Å². The van der Waals surface area contributed by atoms with E-state index in [2.05, 4.69) is 43.2 Å². The summed E-state index contributed by atoms with van der Waals surface area (Å²) in [6.07, 6.45) is 13.7. The van der Waals surface area contributed by atoms with Crippen molar-refractivity contribution >= 4 is 10.9 Å². The molecule has 122 valence electrons. The SMILES string of the molecule is CCCCCCCCCOc1ccc2[nH]cc(CCC)c2c1. The fraction of sp³-hybridized carbons (Fsp3) is 0.600. The number of benzene rings is 1. The van der Waals surface area contributed by atoms with Gasteiger partial charge in [0.25, 0.3) is 0 Å². The third-order valence-corrected chi connectivity index (χ3v) is 4.27. The summed E-state index contributed by atoms with van der Waals surface area (Å²) in [6.45, 7) is 5.33. The predicted molar refractivity (Wildman–Crippen MR) is 95.8 cm³/mol. The average Bonchev–Trinajstić information content (AvgIpc) is 2.93. The summed E-state index contributed by atoms with van der Waals surface area (Å²) in [5.41, 5.74) is 2.62. The molecule has 0 unspecified atom stereocenters. The molecule has 0 bridgehead atoms. The lowest BCUT2D eigenvalue weighted by atomic mass is 10.1. The number of hydrogen-bond donors (Lipinski definition) is 1. The zero-order valence-electron chi connectivity index (χ0n) is 14.3. The number of ether oxygens (including phenoxy) is 1. The first-order valence-electron chi connectivity index (χ1n) is 9.08. The summed E-state index contributed by atoms with van der Waals surface area (Å²) in [4.78, 5) is 3.35. The number of H-pyrrole nitrogens is 1. The zero-order valence-corrected chi connectivity index (χ0v) is 14.3. The molecule has 0 aliphatic heterocycles. The van der Waals surface area contributed by atoms with Gasteiger partial charge in [0.15, 0.2) is 0 Å². The van der Waals surface area contributed by atoms with E-state index in [0.717, 1.165) is 18.8 Å². The van der Waals surface area contributed by atoms with Crippen LogP contribution in [0.2, 0.25) is 0 Å². The van der Waals surface area contributed by atoms with Crippen molar-refractivity contribution in [2.75, 3.05) is 6.61 Å². The maximum atomic E-state index is 5.93. The molecule has 0 fully saturated rings. The molecule has 2 aromatic rings. The molecule has 0 aliphatic carbocycles. The molecule has 22 heavy (non-hydrogen) atoms. The van der Waals surface area contributed by atoms with Gasteiger partial charge in [-0.3, -0.25) is 0 Å². The number of rotatable bonds is 11. The zero-order chi connectivity index (χ0) is 15.6. The van der Waals surface area contributed by atoms with Crippen molar-refractivity contribution < 1.29 is 4.74 Å². The van der Waals surface area contributed by atoms with E-state index in [9.17, 15) is 0 Å². The minimum atomic E-state index is 0.840. The molecule has 0 spiro atoms. The number of fused-ring (bicyclic) bond motifs is 1. The van der Waals surface area contributed by atoms with Crippen molar-refractivity contribution in [1.82, 2.24) is 4.98 Å². The van der Waals surface area contributed by atoms with Gasteiger partial charge in [-0.1, -0.05) is 58.8 Å². The molecular weight excluding hydrogens is 270 g/mol. The summed E-state index contributed by atoms with van der Waals surface area (Å²) in [6, 6.07) is 6.41. The van der Waals surface area contributed by atoms with Gasteiger partial charge in [0.1, 0.15) is 5.75 Å². The van der Waals surface area contributed by atoms with E-state index in [4.69, 9.17) is 4.74 Å². The quantitative estimate of drug-likeness (QED) is 0.487. The topological polar surface area (TPSA) is 25.0 Å². The Bertz CT molecular complexity index is 544. The molecule has 1 N–H and O–H groups in total. The number of aromatic amines is 1. The van der Waals surface area contributed by atoms with Crippen LogP contribution in [0, 0.1) is 0 Å². The van der Waals surface area contributed by atoms with E-state index in [1.165, 1.54) is 67.8 Å². The van der Waals surface area contributed by atoms with Gasteiger partial charge in [0.05, 0.1) is 6.61 Å². The summed E-state index contributed by atoms with van der Waals surface area (Å²) < 4.78 is 5.93. The Morgan fingerprint density at radius 3 is 2.45 bits per heavy atom. The van der Waals surface area contributed by atoms with E-state index in [1.54, 1.807) is 0 Å². The Hall–Kier alpha value is -1.44. The van der Waals surface area contributed by atoms with Crippen LogP contribution < -0.4 is 4.74 Å². The molecule has 2 nitrogen and oxygen atoms in total. The van der Waals surface area contributed by atoms with Gasteiger partial charge in [0, 0.05) is 17.1 Å². The van der Waals surface area contributed by atoms with Crippen molar-refractivity contribution in [3.8, 4) is 5.75 Å². The van der Waals surface area contributed by atoms with Crippen LogP contribution >= 0.6 is 0 Å². The van der Waals surface area contributed by atoms with Gasteiger partial charge in [-0.25, -0.2) is 0 Å². The molecule has 1 aromatic heterocycles. The fourth-order valence-electron chi connectivity index (χ4n) is 2.97. The van der Waals surface area contributed by atoms with Gasteiger partial charge in [-0.15, -0.1) is 0 Å². The van der Waals surface area contributed by atoms with E-state index < -0.39 is 0 Å². The predicted octanol–water partition coefficient (Wildman–Crippen LogP) is 6.25. The lowest BCUT2D eigenvalue weighted by Gasteiger charge is -2.07. The Morgan fingerprint density at radius 2 is 1.68 bits per heavy atom. The molecule has 0 saturated heterocycles. The second-order valence-electron chi connectivity index (χ2n) is 6.24. The van der Waals surface area contributed by atoms with Crippen molar-refractivity contribution in [3.63, 3.8) is 0 Å². The summed E-state index contributed by atoms with van der Waals surface area (Å²) in [7, 11) is 0. The monoisotopic (exact) mass is 301 g/mol. The standard InChI is InChI=1S/C20H31NO/c1-3-5-6-7-8-9-10-14-22-18-12-13-20-19(15-18)17(11-4-2)16-21-20/h12-13,15-16,21H,3-11,14H2,1-2H3. The van der Waals surface area contributed by atoms with Crippen molar-refractivity contribution in [2.45, 2.75) is 71.6 Å². The lowest BCUT2D eigenvalue weighted by molar-refractivity contribution is 0.304. The Morgan fingerprint density at radius 1 is 0.909 bits per heavy atom. The third-order valence-electron chi connectivity index (χ3n) is 4.27. The van der Waals surface area contributed by atoms with Crippen LogP contribution in [0.15, 0.2) is 24.4 Å². The molecule has 0 atom stereocenters. The van der Waals surface area contributed by atoms with Crippen LogP contribution in [0.4, 0.5) is 0 Å². The maximum Gasteiger partial charge on any atom is 0.120 e. The number of aromatic nitrogens is 1. The van der Waals surface area contributed by atoms with Gasteiger partial charge < -0.3 is 9.72 Å². The second-order valence-corrected chi connectivity index (χ2v) is 6.24. The molecule has 0 amide bonds. The van der Waals surface area contributed by atoms with Crippen LogP contribution in [0.3, 0.4) is 0 Å². The van der Waals surface area contributed by atoms with E-state index in [0.29, 0.717) is 0 Å². The molecule has 2 rings (SSSR count). The first kappa shape index (κ1) is 16.9. The van der Waals surface area contributed by atoms with E-state index in [-0.39, 0.29) is 0 Å². The molecule has 0 aliphatic rings. The van der Waals surface area contributed by atoms with Crippen LogP contribution in [0.5, 0.6) is 5.75 Å². The number of hydrogen-bond acceptors (Lipinski definition) is 1. The fourth-order valence-corrected chi connectivity index (χ4v) is 2.97. The highest BCUT2D eigenvalue weighted by Crippen LogP contribution is 2.24. The van der Waals surface area contributed by atoms with Crippen molar-refractivity contribution in [3.05, 3.63) is 30.0 Å². The molecule has 2 heteroatoms. The van der Waals surface area contributed by atoms with Gasteiger partial charge in [0.2, 0.25) is 0 Å². The normalized spacial score (nSPS) is 11.2. The van der Waals surface area contributed by atoms with E-state index in [1.807, 2.05) is 0 Å². The van der Waals surface area contributed by atoms with Crippen molar-refractivity contribution in [1.29, 1.82) is 0 Å². The number of nitrogens with one attached hydrogen (secondary N) is 1. The highest BCUT2D eigenvalue weighted by atomic mass is 16.5. The number of unbranched alkanes of at least 4 members (excludes halogenated alkanes) is 6. The first-order valence-corrected chi connectivity index (χ1v) is 9.08. The molecular formula is C20H31NO. The van der Waals surface area contributed by atoms with E-state index >= 15 is 0 Å².